The van der Waals surface area contributed by atoms with Gasteiger partial charge in [-0.2, -0.15) is 26.3 Å². The summed E-state index contributed by atoms with van der Waals surface area (Å²) in [4.78, 5) is 1.48. The van der Waals surface area contributed by atoms with Gasteiger partial charge >= 0.3 is 18.0 Å². The zero-order chi connectivity index (χ0) is 28.4. The van der Waals surface area contributed by atoms with Gasteiger partial charge in [0, 0.05) is 18.2 Å². The number of nitrogens with one attached hydrogen (secondary N) is 1. The van der Waals surface area contributed by atoms with Crippen molar-refractivity contribution in [3.05, 3.63) is 70.8 Å². The third kappa shape index (κ3) is 4.01. The van der Waals surface area contributed by atoms with Crippen molar-refractivity contribution >= 4 is 9.84 Å². The van der Waals surface area contributed by atoms with Crippen LogP contribution in [0.1, 0.15) is 35.4 Å². The Morgan fingerprint density at radius 3 is 2.26 bits per heavy atom. The largest absolute Gasteiger partial charge is 0.435 e. The van der Waals surface area contributed by atoms with E-state index < -0.39 is 50.0 Å². The maximum absolute atomic E-state index is 14.8. The molecular weight excluding hydrogens is 562 g/mol. The number of benzene rings is 2. The fraction of sp³-hybridized carbons (Fsp3) is 0.435. The molecule has 2 heterocycles. The summed E-state index contributed by atoms with van der Waals surface area (Å²) in [5.41, 5.74) is -7.52. The quantitative estimate of drug-likeness (QED) is 0.352. The molecule has 1 aliphatic carbocycles. The van der Waals surface area contributed by atoms with E-state index in [4.69, 9.17) is 0 Å². The van der Waals surface area contributed by atoms with Gasteiger partial charge in [-0.05, 0) is 65.1 Å². The molecule has 0 spiro atoms. The van der Waals surface area contributed by atoms with Gasteiger partial charge in [0.1, 0.15) is 10.6 Å². The van der Waals surface area contributed by atoms with Crippen molar-refractivity contribution in [2.24, 2.45) is 0 Å². The van der Waals surface area contributed by atoms with Gasteiger partial charge in [0.15, 0.2) is 15.7 Å². The second-order valence-electron chi connectivity index (χ2n) is 9.50. The first-order valence-electron chi connectivity index (χ1n) is 11.6. The number of hydrogen-bond donors (Lipinski definition) is 1. The Bertz CT molecular complexity index is 1460. The molecule has 0 amide bonds. The number of likely N-dealkylation sites (tertiary alicyclic amines) is 1. The molecule has 1 fully saturated rings. The first kappa shape index (κ1) is 27.4. The number of alkyl halides is 7. The van der Waals surface area contributed by atoms with Gasteiger partial charge in [0.2, 0.25) is 0 Å². The zero-order valence-corrected chi connectivity index (χ0v) is 20.5. The predicted molar refractivity (Wildman–Crippen MR) is 118 cm³/mol. The van der Waals surface area contributed by atoms with Crippen LogP contribution in [-0.2, 0) is 33.2 Å². The van der Waals surface area contributed by atoms with Crippen molar-refractivity contribution in [3.8, 4) is 0 Å². The lowest BCUT2D eigenvalue weighted by Crippen LogP contribution is -2.52. The summed E-state index contributed by atoms with van der Waals surface area (Å²) >= 11 is 0. The predicted octanol–water partition coefficient (Wildman–Crippen LogP) is 4.52. The Balaban J connectivity index is 1.69. The summed E-state index contributed by atoms with van der Waals surface area (Å²) in [6.45, 7) is 0.243. The summed E-state index contributed by atoms with van der Waals surface area (Å²) in [6, 6.07) is 4.79. The maximum Gasteiger partial charge on any atom is 0.435 e. The number of aromatic nitrogens is 4. The van der Waals surface area contributed by atoms with E-state index in [9.17, 15) is 43.5 Å². The molecule has 0 saturated carbocycles. The lowest BCUT2D eigenvalue weighted by molar-refractivity contribution is -0.348. The molecule has 0 unspecified atom stereocenters. The second-order valence-corrected chi connectivity index (χ2v) is 11.7. The van der Waals surface area contributed by atoms with Crippen LogP contribution in [0.2, 0.25) is 0 Å². The van der Waals surface area contributed by atoms with Crippen LogP contribution in [0.25, 0.3) is 0 Å². The summed E-state index contributed by atoms with van der Waals surface area (Å²) in [5.74, 6) is -0.398. The average molecular weight is 581 g/mol. The molecule has 2 atom stereocenters. The van der Waals surface area contributed by atoms with Crippen molar-refractivity contribution in [1.29, 1.82) is 0 Å². The van der Waals surface area contributed by atoms with E-state index in [0.717, 1.165) is 30.3 Å². The number of tetrazole rings is 1. The molecule has 2 aromatic carbocycles. The number of aryl methyl sites for hydroxylation is 1. The Morgan fingerprint density at radius 2 is 1.67 bits per heavy atom. The minimum absolute atomic E-state index is 0.00969. The van der Waals surface area contributed by atoms with Crippen LogP contribution < -0.4 is 0 Å². The Kier molecular flexibility index (Phi) is 6.29. The lowest BCUT2D eigenvalue weighted by atomic mass is 9.77. The van der Waals surface area contributed by atoms with E-state index in [1.54, 1.807) is 4.90 Å². The molecule has 39 heavy (non-hydrogen) atoms. The molecule has 16 heteroatoms. The van der Waals surface area contributed by atoms with Crippen LogP contribution in [0, 0.1) is 5.82 Å². The van der Waals surface area contributed by atoms with Crippen LogP contribution in [0.4, 0.5) is 35.1 Å². The molecule has 0 bridgehead atoms. The first-order valence-corrected chi connectivity index (χ1v) is 13.0. The van der Waals surface area contributed by atoms with Crippen molar-refractivity contribution in [1.82, 2.24) is 25.5 Å². The molecule has 210 valence electrons. The minimum atomic E-state index is -6.32. The Morgan fingerprint density at radius 1 is 1.00 bits per heavy atom. The topological polar surface area (TPSA) is 91.8 Å². The average Bonchev–Trinajstić information content (AvgIpc) is 3.51. The monoisotopic (exact) mass is 581 g/mol. The van der Waals surface area contributed by atoms with Crippen LogP contribution in [0.5, 0.6) is 0 Å². The van der Waals surface area contributed by atoms with Gasteiger partial charge < -0.3 is 0 Å². The van der Waals surface area contributed by atoms with Gasteiger partial charge in [0.25, 0.3) is 0 Å². The number of nitrogens with zero attached hydrogens (tertiary/aromatic N) is 4. The van der Waals surface area contributed by atoms with Crippen LogP contribution in [0.15, 0.2) is 47.4 Å². The zero-order valence-electron chi connectivity index (χ0n) is 19.7. The summed E-state index contributed by atoms with van der Waals surface area (Å²) in [6.07, 6.45) is -12.8. The highest BCUT2D eigenvalue weighted by molar-refractivity contribution is 7.92. The number of fused-ring (bicyclic) bond motifs is 3. The number of aromatic amines is 1. The number of halogens is 8. The van der Waals surface area contributed by atoms with Gasteiger partial charge in [-0.15, -0.1) is 5.10 Å². The second kappa shape index (κ2) is 8.94. The molecule has 7 nitrogen and oxygen atoms in total. The minimum Gasteiger partial charge on any atom is -0.291 e. The highest BCUT2D eigenvalue weighted by Gasteiger charge is 2.73. The standard InChI is InChI=1S/C23H19F8N5O2S/c24-15-3-5-16(6-4-15)39(37,38)20-9-10-36(12-19-32-34-35-33-19)18(20)8-1-13-11-14(2-7-17(13)20)21(25,22(26,27)28)23(29,30)31/h2-7,11,18H,1,8-10,12H2,(H,32,33,34,35)/t18-,20-/m0/s1. The first-order chi connectivity index (χ1) is 18.1. The smallest absolute Gasteiger partial charge is 0.291 e. The molecule has 1 N–H and O–H groups in total. The van der Waals surface area contributed by atoms with E-state index in [0.29, 0.717) is 18.0 Å². The Labute approximate surface area is 216 Å². The maximum atomic E-state index is 14.8. The van der Waals surface area contributed by atoms with E-state index in [-0.39, 0.29) is 48.4 Å². The Hall–Kier alpha value is -3.14. The molecule has 1 aromatic heterocycles. The number of sulfone groups is 1. The molecular formula is C23H19F8N5O2S. The summed E-state index contributed by atoms with van der Waals surface area (Å²) in [7, 11) is -4.42. The van der Waals surface area contributed by atoms with E-state index in [1.165, 1.54) is 0 Å². The van der Waals surface area contributed by atoms with Crippen molar-refractivity contribution in [2.75, 3.05) is 6.54 Å². The van der Waals surface area contributed by atoms with E-state index in [2.05, 4.69) is 20.6 Å². The molecule has 5 rings (SSSR count). The fourth-order valence-electron chi connectivity index (χ4n) is 5.77. The van der Waals surface area contributed by atoms with Crippen molar-refractivity contribution in [3.63, 3.8) is 0 Å². The third-order valence-corrected chi connectivity index (χ3v) is 10.1. The van der Waals surface area contributed by atoms with Crippen LogP contribution in [0.3, 0.4) is 0 Å². The van der Waals surface area contributed by atoms with Gasteiger partial charge in [-0.25, -0.2) is 22.3 Å². The molecule has 3 aromatic rings. The van der Waals surface area contributed by atoms with Crippen LogP contribution in [-0.4, -0.2) is 58.9 Å². The van der Waals surface area contributed by atoms with Gasteiger partial charge in [0.05, 0.1) is 11.4 Å². The lowest BCUT2D eigenvalue weighted by Gasteiger charge is -2.43. The van der Waals surface area contributed by atoms with Crippen molar-refractivity contribution in [2.45, 2.75) is 59.5 Å². The third-order valence-electron chi connectivity index (χ3n) is 7.52. The molecule has 0 radical (unpaired) electrons. The van der Waals surface area contributed by atoms with Gasteiger partial charge in [-0.3, -0.25) is 4.90 Å². The van der Waals surface area contributed by atoms with E-state index in [1.807, 2.05) is 0 Å². The number of rotatable bonds is 5. The number of H-pyrrole nitrogens is 1. The summed E-state index contributed by atoms with van der Waals surface area (Å²) in [5, 5.41) is 13.3. The fourth-order valence-corrected chi connectivity index (χ4v) is 8.16. The summed E-state index contributed by atoms with van der Waals surface area (Å²) < 4.78 is 136. The SMILES string of the molecule is O=S(=O)(c1ccc(F)cc1)[C@]12CCN(Cc3nnn[nH]3)[C@H]1CCc1cc(C(F)(C(F)(F)F)C(F)(F)F)ccc12. The molecule has 1 aliphatic heterocycles. The molecule has 1 saturated heterocycles. The molecule has 2 aliphatic rings. The highest BCUT2D eigenvalue weighted by Crippen LogP contribution is 2.56. The van der Waals surface area contributed by atoms with E-state index >= 15 is 0 Å². The number of hydrogen-bond acceptors (Lipinski definition) is 6. The van der Waals surface area contributed by atoms with Gasteiger partial charge in [-0.1, -0.05) is 18.2 Å². The van der Waals surface area contributed by atoms with Crippen LogP contribution >= 0.6 is 0 Å². The van der Waals surface area contributed by atoms with Crippen molar-refractivity contribution < 1.29 is 43.5 Å². The normalized spacial score (nSPS) is 22.5. The highest BCUT2D eigenvalue weighted by atomic mass is 32.2.